The topological polar surface area (TPSA) is 134 Å². The first-order valence-electron chi connectivity index (χ1n) is 9.22. The second-order valence-corrected chi connectivity index (χ2v) is 8.45. The van der Waals surface area contributed by atoms with Crippen LogP contribution in [0.3, 0.4) is 0 Å². The zero-order valence-corrected chi connectivity index (χ0v) is 17.9. The molecule has 28 heavy (non-hydrogen) atoms. The summed E-state index contributed by atoms with van der Waals surface area (Å²) in [7, 11) is 1.24. The number of esters is 3. The molecule has 0 saturated carbocycles. The van der Waals surface area contributed by atoms with E-state index in [0.717, 1.165) is 0 Å². The summed E-state index contributed by atoms with van der Waals surface area (Å²) in [6.45, 7) is 10.3. The van der Waals surface area contributed by atoms with Crippen molar-refractivity contribution < 1.29 is 33.4 Å². The van der Waals surface area contributed by atoms with Crippen molar-refractivity contribution in [2.45, 2.75) is 90.5 Å². The summed E-state index contributed by atoms with van der Waals surface area (Å²) in [5.41, 5.74) is 4.34. The lowest BCUT2D eigenvalue weighted by atomic mass is 10.1. The monoisotopic (exact) mass is 402 g/mol. The molecule has 0 bridgehead atoms. The van der Waals surface area contributed by atoms with Gasteiger partial charge < -0.3 is 25.3 Å². The van der Waals surface area contributed by atoms with Crippen molar-refractivity contribution in [1.82, 2.24) is 5.32 Å². The molecule has 3 N–H and O–H groups in total. The first-order valence-corrected chi connectivity index (χ1v) is 9.22. The van der Waals surface area contributed by atoms with Crippen LogP contribution in [0.15, 0.2) is 0 Å². The molecule has 0 radical (unpaired) electrons. The van der Waals surface area contributed by atoms with Gasteiger partial charge in [0.1, 0.15) is 23.3 Å². The highest BCUT2D eigenvalue weighted by Gasteiger charge is 2.28. The summed E-state index contributed by atoms with van der Waals surface area (Å²) in [4.78, 5) is 47.7. The average molecular weight is 402 g/mol. The summed E-state index contributed by atoms with van der Waals surface area (Å²) in [6, 6.07) is -1.97. The largest absolute Gasteiger partial charge is 0.469 e. The highest BCUT2D eigenvalue weighted by molar-refractivity contribution is 5.85. The summed E-state index contributed by atoms with van der Waals surface area (Å²) in [6.07, 6.45) is -0.0553. The molecule has 0 aromatic carbocycles. The van der Waals surface area contributed by atoms with Crippen LogP contribution < -0.4 is 11.1 Å². The third-order valence-corrected chi connectivity index (χ3v) is 3.28. The number of methoxy groups -OCH3 is 1. The van der Waals surface area contributed by atoms with Crippen molar-refractivity contribution in [3.05, 3.63) is 0 Å². The fourth-order valence-electron chi connectivity index (χ4n) is 2.03. The Morgan fingerprint density at radius 3 is 1.82 bits per heavy atom. The maximum Gasteiger partial charge on any atom is 0.329 e. The summed E-state index contributed by atoms with van der Waals surface area (Å²) in [5.74, 6) is -2.25. The van der Waals surface area contributed by atoms with Gasteiger partial charge in [0.05, 0.1) is 7.11 Å². The van der Waals surface area contributed by atoms with Crippen molar-refractivity contribution in [3.8, 4) is 0 Å². The number of rotatable bonds is 9. The Balaban J connectivity index is 4.78. The van der Waals surface area contributed by atoms with Gasteiger partial charge >= 0.3 is 17.9 Å². The lowest BCUT2D eigenvalue weighted by Crippen LogP contribution is -2.45. The van der Waals surface area contributed by atoms with Gasteiger partial charge in [0.15, 0.2) is 0 Å². The van der Waals surface area contributed by atoms with Crippen LogP contribution in [-0.2, 0) is 33.4 Å². The van der Waals surface area contributed by atoms with E-state index < -0.39 is 47.1 Å². The van der Waals surface area contributed by atoms with Crippen molar-refractivity contribution in [2.75, 3.05) is 7.11 Å². The smallest absolute Gasteiger partial charge is 0.329 e. The van der Waals surface area contributed by atoms with Crippen molar-refractivity contribution >= 4 is 23.8 Å². The van der Waals surface area contributed by atoms with Gasteiger partial charge in [-0.25, -0.2) is 4.79 Å². The van der Waals surface area contributed by atoms with E-state index in [-0.39, 0.29) is 25.7 Å². The predicted molar refractivity (Wildman–Crippen MR) is 102 cm³/mol. The van der Waals surface area contributed by atoms with E-state index in [1.54, 1.807) is 41.5 Å². The molecule has 9 heteroatoms. The van der Waals surface area contributed by atoms with Gasteiger partial charge in [-0.3, -0.25) is 14.4 Å². The van der Waals surface area contributed by atoms with Crippen LogP contribution in [0.5, 0.6) is 0 Å². The summed E-state index contributed by atoms with van der Waals surface area (Å²) >= 11 is 0. The fraction of sp³-hybridized carbons (Fsp3) is 0.789. The molecule has 2 atom stereocenters. The van der Waals surface area contributed by atoms with E-state index in [0.29, 0.717) is 0 Å². The number of amides is 1. The van der Waals surface area contributed by atoms with E-state index in [1.165, 1.54) is 7.11 Å². The number of ether oxygens (including phenoxy) is 3. The minimum absolute atomic E-state index is 0.0332. The Kier molecular flexibility index (Phi) is 10.1. The molecule has 0 aliphatic heterocycles. The predicted octanol–water partition coefficient (Wildman–Crippen LogP) is 1.22. The minimum atomic E-state index is -1.01. The zero-order valence-electron chi connectivity index (χ0n) is 17.9. The van der Waals surface area contributed by atoms with Crippen LogP contribution in [0, 0.1) is 0 Å². The van der Waals surface area contributed by atoms with Crippen LogP contribution in [0.2, 0.25) is 0 Å². The summed E-state index contributed by atoms with van der Waals surface area (Å²) < 4.78 is 15.0. The van der Waals surface area contributed by atoms with Gasteiger partial charge in [0.25, 0.3) is 0 Å². The molecule has 0 heterocycles. The number of carbonyl (C=O) groups excluding carboxylic acids is 4. The number of nitrogens with two attached hydrogens (primary N) is 1. The Hall–Kier alpha value is -2.16. The van der Waals surface area contributed by atoms with Crippen LogP contribution in [0.1, 0.15) is 67.2 Å². The van der Waals surface area contributed by atoms with Gasteiger partial charge in [-0.05, 0) is 54.4 Å². The van der Waals surface area contributed by atoms with Gasteiger partial charge in [-0.2, -0.15) is 0 Å². The van der Waals surface area contributed by atoms with Gasteiger partial charge in [0.2, 0.25) is 5.91 Å². The van der Waals surface area contributed by atoms with Gasteiger partial charge in [-0.15, -0.1) is 0 Å². The van der Waals surface area contributed by atoms with E-state index in [9.17, 15) is 19.2 Å². The molecule has 0 saturated heterocycles. The first kappa shape index (κ1) is 25.8. The Labute approximate surface area is 166 Å². The van der Waals surface area contributed by atoms with Crippen molar-refractivity contribution in [1.29, 1.82) is 0 Å². The lowest BCUT2D eigenvalue weighted by Gasteiger charge is -2.25. The molecule has 0 aliphatic rings. The lowest BCUT2D eigenvalue weighted by molar-refractivity contribution is -0.160. The van der Waals surface area contributed by atoms with Crippen LogP contribution in [0.25, 0.3) is 0 Å². The SMILES string of the molecule is COC(=O)CC[C@H](NC(=O)CC[C@H](N)C(=O)OC(C)(C)C)C(=O)OC(C)(C)C. The van der Waals surface area contributed by atoms with Crippen molar-refractivity contribution in [3.63, 3.8) is 0 Å². The fourth-order valence-corrected chi connectivity index (χ4v) is 2.03. The quantitative estimate of drug-likeness (QED) is 0.434. The molecule has 0 aromatic heterocycles. The number of hydrogen-bond acceptors (Lipinski definition) is 8. The maximum absolute atomic E-state index is 12.3. The third kappa shape index (κ3) is 12.3. The van der Waals surface area contributed by atoms with E-state index in [2.05, 4.69) is 10.1 Å². The third-order valence-electron chi connectivity index (χ3n) is 3.28. The van der Waals surface area contributed by atoms with Crippen LogP contribution in [0.4, 0.5) is 0 Å². The molecule has 1 amide bonds. The highest BCUT2D eigenvalue weighted by atomic mass is 16.6. The van der Waals surface area contributed by atoms with Crippen LogP contribution in [-0.4, -0.2) is 54.2 Å². The van der Waals surface area contributed by atoms with Gasteiger partial charge in [-0.1, -0.05) is 0 Å². The molecule has 162 valence electrons. The molecular weight excluding hydrogens is 368 g/mol. The molecule has 0 aromatic rings. The Bertz CT molecular complexity index is 562. The number of hydrogen-bond donors (Lipinski definition) is 2. The van der Waals surface area contributed by atoms with Crippen LogP contribution >= 0.6 is 0 Å². The van der Waals surface area contributed by atoms with E-state index in [4.69, 9.17) is 15.2 Å². The second kappa shape index (κ2) is 11.0. The minimum Gasteiger partial charge on any atom is -0.469 e. The molecule has 0 unspecified atom stereocenters. The normalized spacial score (nSPS) is 13.9. The Morgan fingerprint density at radius 1 is 0.857 bits per heavy atom. The Morgan fingerprint density at radius 2 is 1.36 bits per heavy atom. The standard InChI is InChI=1S/C19H34N2O7/c1-18(2,3)27-16(24)12(20)8-10-14(22)21-13(9-11-15(23)26-7)17(25)28-19(4,5)6/h12-13H,8-11,20H2,1-7H3,(H,21,22)/t12-,13-/m0/s1. The molecule has 9 nitrogen and oxygen atoms in total. The number of carbonyl (C=O) groups is 4. The molecule has 0 fully saturated rings. The number of nitrogens with one attached hydrogen (secondary N) is 1. The average Bonchev–Trinajstić information content (AvgIpc) is 2.52. The molecule has 0 spiro atoms. The summed E-state index contributed by atoms with van der Waals surface area (Å²) in [5, 5.41) is 2.53. The highest BCUT2D eigenvalue weighted by Crippen LogP contribution is 2.12. The van der Waals surface area contributed by atoms with E-state index in [1.807, 2.05) is 0 Å². The molecule has 0 rings (SSSR count). The molecular formula is C19H34N2O7. The van der Waals surface area contributed by atoms with Gasteiger partial charge in [0, 0.05) is 12.8 Å². The van der Waals surface area contributed by atoms with E-state index >= 15 is 0 Å². The maximum atomic E-state index is 12.3. The zero-order chi connectivity index (χ0) is 22.1. The molecule has 0 aliphatic carbocycles. The van der Waals surface area contributed by atoms with Crippen molar-refractivity contribution in [2.24, 2.45) is 5.73 Å². The first-order chi connectivity index (χ1) is 12.6. The second-order valence-electron chi connectivity index (χ2n) is 8.45.